The van der Waals surface area contributed by atoms with Gasteiger partial charge in [-0.05, 0) is 77.6 Å². The molecule has 56 heavy (non-hydrogen) atoms. The van der Waals surface area contributed by atoms with Crippen molar-refractivity contribution in [3.8, 4) is 11.1 Å². The third kappa shape index (κ3) is 11.6. The molecular weight excluding hydrogens is 744 g/mol. The number of halogens is 1. The molecule has 7 N–H and O–H groups in total. The Kier molecular flexibility index (Phi) is 15.5. The predicted molar refractivity (Wildman–Crippen MR) is 210 cm³/mol. The average Bonchev–Trinajstić information content (AvgIpc) is 3.48. The second-order valence-electron chi connectivity index (χ2n) is 14.0. The normalized spacial score (nSPS) is 13.3. The molecule has 0 heterocycles. The Balaban J connectivity index is 1.33. The van der Waals surface area contributed by atoms with Gasteiger partial charge in [0, 0.05) is 37.6 Å². The van der Waals surface area contributed by atoms with Crippen LogP contribution in [0, 0.1) is 5.92 Å². The van der Waals surface area contributed by atoms with Gasteiger partial charge >= 0.3 is 18.3 Å². The quantitative estimate of drug-likeness (QED) is 0.0642. The fraction of sp³-hybridized carbons (Fsp3) is 0.400. The Hall–Kier alpha value is -5.83. The molecule has 0 aliphatic heterocycles. The lowest BCUT2D eigenvalue weighted by Gasteiger charge is -2.26. The number of unbranched alkanes of at least 4 members (excludes halogenated alkanes) is 1. The van der Waals surface area contributed by atoms with Crippen LogP contribution in [-0.4, -0.2) is 89.4 Å². The lowest BCUT2D eigenvalue weighted by Crippen LogP contribution is -2.57. The largest absolute Gasteiger partial charge is 0.465 e. The highest BCUT2D eigenvalue weighted by Gasteiger charge is 2.31. The van der Waals surface area contributed by atoms with Crippen molar-refractivity contribution in [3.05, 3.63) is 89.0 Å². The SMILES string of the molecule is CC(NC(=O)C(NC(=O)C(CCCCNC(=O)O)NC(=O)O)C(C)C)C(=O)Nc1ccc(CCl)c(CN(C)C(=O)OCC2c3ccccc3-c3ccccc32)c1. The second kappa shape index (κ2) is 20.2. The monoisotopic (exact) mass is 792 g/mol. The summed E-state index contributed by atoms with van der Waals surface area (Å²) in [6, 6.07) is 17.9. The van der Waals surface area contributed by atoms with Crippen LogP contribution in [0.5, 0.6) is 0 Å². The molecule has 0 bridgehead atoms. The summed E-state index contributed by atoms with van der Waals surface area (Å²) < 4.78 is 5.80. The van der Waals surface area contributed by atoms with Crippen molar-refractivity contribution >= 4 is 53.3 Å². The first kappa shape index (κ1) is 42.9. The van der Waals surface area contributed by atoms with Crippen molar-refractivity contribution in [2.24, 2.45) is 5.92 Å². The molecule has 16 heteroatoms. The van der Waals surface area contributed by atoms with Gasteiger partial charge in [-0.3, -0.25) is 14.4 Å². The standard InChI is InChI=1S/C40H49ClN6O9/c1-23(2)34(46-36(49)33(45-39(53)54)15-9-10-18-42-38(51)52)37(50)43-24(3)35(48)44-27-17-16-25(20-41)26(19-27)21-47(4)40(55)56-22-32-30-13-7-5-11-28(30)29-12-6-8-14-31(29)32/h5-8,11-14,16-17,19,23-24,32-34,42,45H,9-10,15,18,20-22H2,1-4H3,(H,43,50)(H,44,48)(H,46,49)(H,51,52)(H,53,54). The van der Waals surface area contributed by atoms with Crippen LogP contribution in [0.1, 0.15) is 68.2 Å². The number of amides is 6. The maximum atomic E-state index is 13.3. The van der Waals surface area contributed by atoms with E-state index in [9.17, 15) is 33.9 Å². The summed E-state index contributed by atoms with van der Waals surface area (Å²) in [4.78, 5) is 76.3. The molecule has 15 nitrogen and oxygen atoms in total. The molecule has 3 atom stereocenters. The molecular formula is C40H49ClN6O9. The molecule has 0 spiro atoms. The number of carboxylic acid groups (broad SMARTS) is 2. The molecule has 1 aliphatic rings. The van der Waals surface area contributed by atoms with Crippen LogP contribution in [0.4, 0.5) is 20.1 Å². The number of fused-ring (bicyclic) bond motifs is 3. The van der Waals surface area contributed by atoms with Crippen molar-refractivity contribution in [1.82, 2.24) is 26.2 Å². The number of benzene rings is 3. The molecule has 1 aliphatic carbocycles. The smallest absolute Gasteiger partial charge is 0.409 e. The van der Waals surface area contributed by atoms with Crippen molar-refractivity contribution in [3.63, 3.8) is 0 Å². The van der Waals surface area contributed by atoms with Gasteiger partial charge < -0.3 is 46.4 Å². The van der Waals surface area contributed by atoms with E-state index in [0.717, 1.165) is 27.8 Å². The molecule has 0 aromatic heterocycles. The van der Waals surface area contributed by atoms with E-state index in [1.165, 1.54) is 11.8 Å². The van der Waals surface area contributed by atoms with Crippen LogP contribution in [0.25, 0.3) is 11.1 Å². The molecule has 3 aromatic carbocycles. The van der Waals surface area contributed by atoms with E-state index >= 15 is 0 Å². The highest BCUT2D eigenvalue weighted by atomic mass is 35.5. The third-order valence-corrected chi connectivity index (χ3v) is 9.77. The number of hydrogen-bond donors (Lipinski definition) is 7. The van der Waals surface area contributed by atoms with Gasteiger partial charge in [-0.1, -0.05) is 68.4 Å². The summed E-state index contributed by atoms with van der Waals surface area (Å²) in [5, 5.41) is 30.3. The van der Waals surface area contributed by atoms with E-state index in [2.05, 4.69) is 38.7 Å². The summed E-state index contributed by atoms with van der Waals surface area (Å²) >= 11 is 6.23. The zero-order valence-corrected chi connectivity index (χ0v) is 32.5. The fourth-order valence-corrected chi connectivity index (χ4v) is 6.76. The van der Waals surface area contributed by atoms with Gasteiger partial charge in [0.1, 0.15) is 24.7 Å². The van der Waals surface area contributed by atoms with Crippen molar-refractivity contribution in [2.45, 2.75) is 76.5 Å². The van der Waals surface area contributed by atoms with Crippen molar-refractivity contribution < 1.29 is 43.7 Å². The topological polar surface area (TPSA) is 216 Å². The lowest BCUT2D eigenvalue weighted by atomic mass is 9.98. The number of nitrogens with one attached hydrogen (secondary N) is 5. The van der Waals surface area contributed by atoms with Crippen molar-refractivity contribution in [1.29, 1.82) is 0 Å². The maximum absolute atomic E-state index is 13.3. The minimum Gasteiger partial charge on any atom is -0.465 e. The summed E-state index contributed by atoms with van der Waals surface area (Å²) in [5.41, 5.74) is 6.27. The average molecular weight is 793 g/mol. The number of alkyl halides is 1. The van der Waals surface area contributed by atoms with Crippen molar-refractivity contribution in [2.75, 3.05) is 25.5 Å². The van der Waals surface area contributed by atoms with Crippen LogP contribution in [0.15, 0.2) is 66.7 Å². The highest BCUT2D eigenvalue weighted by molar-refractivity contribution is 6.17. The molecule has 0 saturated heterocycles. The van der Waals surface area contributed by atoms with Crippen LogP contribution in [0.2, 0.25) is 0 Å². The van der Waals surface area contributed by atoms with E-state index in [0.29, 0.717) is 24.1 Å². The third-order valence-electron chi connectivity index (χ3n) is 9.48. The summed E-state index contributed by atoms with van der Waals surface area (Å²) in [7, 11) is 1.61. The van der Waals surface area contributed by atoms with E-state index in [4.69, 9.17) is 21.4 Å². The minimum absolute atomic E-state index is 0.0661. The lowest BCUT2D eigenvalue weighted by molar-refractivity contribution is -0.132. The summed E-state index contributed by atoms with van der Waals surface area (Å²) in [6.45, 7) is 5.28. The van der Waals surface area contributed by atoms with E-state index < -0.39 is 60.0 Å². The number of anilines is 1. The Labute approximate surface area is 330 Å². The Morgan fingerprint density at radius 3 is 2.02 bits per heavy atom. The maximum Gasteiger partial charge on any atom is 0.409 e. The summed E-state index contributed by atoms with van der Waals surface area (Å²) in [5.74, 6) is -2.32. The van der Waals surface area contributed by atoms with Gasteiger partial charge in [0.25, 0.3) is 0 Å². The molecule has 0 saturated carbocycles. The molecule has 4 rings (SSSR count). The Bertz CT molecular complexity index is 1860. The number of carbonyl (C=O) groups excluding carboxylic acids is 4. The van der Waals surface area contributed by atoms with E-state index in [1.807, 2.05) is 36.4 Å². The second-order valence-corrected chi connectivity index (χ2v) is 14.2. The molecule has 0 radical (unpaired) electrons. The molecule has 0 fully saturated rings. The van der Waals surface area contributed by atoms with Crippen LogP contribution >= 0.6 is 11.6 Å². The van der Waals surface area contributed by atoms with Gasteiger partial charge in [-0.25, -0.2) is 14.4 Å². The number of rotatable bonds is 18. The first-order chi connectivity index (χ1) is 26.7. The first-order valence-electron chi connectivity index (χ1n) is 18.3. The number of nitrogens with zero attached hydrogens (tertiary/aromatic N) is 1. The zero-order valence-electron chi connectivity index (χ0n) is 31.8. The van der Waals surface area contributed by atoms with Gasteiger partial charge in [0.2, 0.25) is 17.7 Å². The molecule has 3 unspecified atom stereocenters. The van der Waals surface area contributed by atoms with Crippen LogP contribution < -0.4 is 26.6 Å². The van der Waals surface area contributed by atoms with Crippen LogP contribution in [-0.2, 0) is 31.5 Å². The van der Waals surface area contributed by atoms with Gasteiger partial charge in [0.15, 0.2) is 0 Å². The number of hydrogen-bond acceptors (Lipinski definition) is 7. The first-order valence-corrected chi connectivity index (χ1v) is 18.8. The fourth-order valence-electron chi connectivity index (χ4n) is 6.50. The van der Waals surface area contributed by atoms with E-state index in [1.54, 1.807) is 39.1 Å². The van der Waals surface area contributed by atoms with E-state index in [-0.39, 0.29) is 37.9 Å². The van der Waals surface area contributed by atoms with Crippen LogP contribution in [0.3, 0.4) is 0 Å². The summed E-state index contributed by atoms with van der Waals surface area (Å²) in [6.07, 6.45) is -2.39. The van der Waals surface area contributed by atoms with Gasteiger partial charge in [-0.2, -0.15) is 0 Å². The number of ether oxygens (including phenoxy) is 1. The Morgan fingerprint density at radius 1 is 0.786 bits per heavy atom. The minimum atomic E-state index is -1.43. The molecule has 3 aromatic rings. The molecule has 300 valence electrons. The van der Waals surface area contributed by atoms with Gasteiger partial charge in [-0.15, -0.1) is 11.6 Å². The zero-order chi connectivity index (χ0) is 40.9. The van der Waals surface area contributed by atoms with Gasteiger partial charge in [0.05, 0.1) is 0 Å². The highest BCUT2D eigenvalue weighted by Crippen LogP contribution is 2.44. The number of carbonyl (C=O) groups is 6. The molecule has 6 amide bonds. The predicted octanol–water partition coefficient (Wildman–Crippen LogP) is 5.46. The Morgan fingerprint density at radius 2 is 1.43 bits per heavy atom.